The summed E-state index contributed by atoms with van der Waals surface area (Å²) in [5.74, 6) is 1.99. The third kappa shape index (κ3) is 2.72. The quantitative estimate of drug-likeness (QED) is 0.715. The van der Waals surface area contributed by atoms with Gasteiger partial charge in [0.1, 0.15) is 10.2 Å². The van der Waals surface area contributed by atoms with Crippen LogP contribution < -0.4 is 14.8 Å². The lowest BCUT2D eigenvalue weighted by atomic mass is 10.0. The second kappa shape index (κ2) is 5.16. The van der Waals surface area contributed by atoms with Gasteiger partial charge in [0.25, 0.3) is 0 Å². The third-order valence-corrected chi connectivity index (χ3v) is 2.46. The summed E-state index contributed by atoms with van der Waals surface area (Å²) < 4.78 is 10.6. The first-order chi connectivity index (χ1) is 7.10. The topological polar surface area (TPSA) is 31.4 Å². The van der Waals surface area contributed by atoms with Crippen LogP contribution in [0, 0.1) is 5.92 Å². The van der Waals surface area contributed by atoms with Crippen molar-refractivity contribution >= 4 is 15.6 Å². The van der Waals surface area contributed by atoms with Gasteiger partial charge >= 0.3 is 0 Å². The molecule has 0 bridgehead atoms. The normalized spacial score (nSPS) is 10.5. The lowest BCUT2D eigenvalue weighted by Crippen LogP contribution is -2.15. The summed E-state index contributed by atoms with van der Waals surface area (Å²) in [6, 6.07) is 0. The van der Waals surface area contributed by atoms with Gasteiger partial charge in [-0.05, 0) is 12.3 Å². The molecule has 15 heavy (non-hydrogen) atoms. The van der Waals surface area contributed by atoms with Gasteiger partial charge in [0, 0.05) is 11.8 Å². The van der Waals surface area contributed by atoms with E-state index in [1.54, 1.807) is 14.2 Å². The standard InChI is InChI=1S/C11H16NO2Si/c1-7(2)5-8-6-12-11(15)10(14-4)9(8)13-3/h6-7H,5H2,1-4H3. The first kappa shape index (κ1) is 12.0. The molecule has 0 fully saturated rings. The Labute approximate surface area is 94.2 Å². The third-order valence-electron chi connectivity index (χ3n) is 2.10. The maximum atomic E-state index is 5.35. The Balaban J connectivity index is 3.16. The molecule has 4 heteroatoms. The first-order valence-electron chi connectivity index (χ1n) is 4.91. The molecule has 3 nitrogen and oxygen atoms in total. The Hall–Kier alpha value is -1.03. The predicted octanol–water partition coefficient (Wildman–Crippen LogP) is 1.09. The number of hydrogen-bond acceptors (Lipinski definition) is 3. The number of pyridine rings is 1. The summed E-state index contributed by atoms with van der Waals surface area (Å²) in [4.78, 5) is 4.22. The second-order valence-corrected chi connectivity index (χ2v) is 4.27. The van der Waals surface area contributed by atoms with Crippen molar-refractivity contribution in [3.05, 3.63) is 11.8 Å². The van der Waals surface area contributed by atoms with Crippen molar-refractivity contribution in [3.63, 3.8) is 0 Å². The summed E-state index contributed by atoms with van der Waals surface area (Å²) in [6.07, 6.45) is 2.75. The number of rotatable bonds is 4. The van der Waals surface area contributed by atoms with E-state index in [1.165, 1.54) is 0 Å². The van der Waals surface area contributed by atoms with Gasteiger partial charge in [-0.3, -0.25) is 4.98 Å². The minimum absolute atomic E-state index is 0.561. The largest absolute Gasteiger partial charge is 0.492 e. The van der Waals surface area contributed by atoms with Crippen LogP contribution in [0.5, 0.6) is 11.5 Å². The van der Waals surface area contributed by atoms with Crippen LogP contribution in [-0.2, 0) is 6.42 Å². The fraction of sp³-hybridized carbons (Fsp3) is 0.545. The van der Waals surface area contributed by atoms with Crippen molar-refractivity contribution < 1.29 is 9.47 Å². The average Bonchev–Trinajstić information content (AvgIpc) is 2.19. The highest BCUT2D eigenvalue weighted by Crippen LogP contribution is 2.29. The molecule has 0 aliphatic rings. The Bertz CT molecular complexity index is 340. The Morgan fingerprint density at radius 3 is 2.33 bits per heavy atom. The van der Waals surface area contributed by atoms with E-state index in [2.05, 4.69) is 29.1 Å². The van der Waals surface area contributed by atoms with Gasteiger partial charge in [0.15, 0.2) is 11.5 Å². The SMILES string of the molecule is COc1c(CC(C)C)cnc([Si])c1OC. The second-order valence-electron chi connectivity index (χ2n) is 3.80. The average molecular weight is 222 g/mol. The molecule has 1 heterocycles. The predicted molar refractivity (Wildman–Crippen MR) is 61.3 cm³/mol. The van der Waals surface area contributed by atoms with Gasteiger partial charge in [-0.1, -0.05) is 13.8 Å². The van der Waals surface area contributed by atoms with Crippen LogP contribution in [0.4, 0.5) is 0 Å². The van der Waals surface area contributed by atoms with E-state index >= 15 is 0 Å². The summed E-state index contributed by atoms with van der Waals surface area (Å²) in [5.41, 5.74) is 1.08. The summed E-state index contributed by atoms with van der Waals surface area (Å²) in [6.45, 7) is 4.32. The molecule has 0 saturated carbocycles. The van der Waals surface area contributed by atoms with Gasteiger partial charge in [-0.2, -0.15) is 0 Å². The number of aromatic nitrogens is 1. The fourth-order valence-electron chi connectivity index (χ4n) is 1.51. The first-order valence-corrected chi connectivity index (χ1v) is 5.41. The molecule has 0 N–H and O–H groups in total. The van der Waals surface area contributed by atoms with Gasteiger partial charge in [-0.15, -0.1) is 0 Å². The Kier molecular flexibility index (Phi) is 4.14. The number of methoxy groups -OCH3 is 2. The van der Waals surface area contributed by atoms with Gasteiger partial charge in [-0.25, -0.2) is 0 Å². The van der Waals surface area contributed by atoms with E-state index < -0.39 is 0 Å². The van der Waals surface area contributed by atoms with Crippen LogP contribution >= 0.6 is 0 Å². The van der Waals surface area contributed by atoms with Gasteiger partial charge < -0.3 is 9.47 Å². The smallest absolute Gasteiger partial charge is 0.177 e. The minimum atomic E-state index is 0.561. The van der Waals surface area contributed by atoms with Crippen LogP contribution in [0.1, 0.15) is 19.4 Å². The molecule has 0 aliphatic heterocycles. The van der Waals surface area contributed by atoms with Crippen LogP contribution in [-0.4, -0.2) is 29.4 Å². The highest BCUT2D eigenvalue weighted by molar-refractivity contribution is 6.32. The molecule has 0 spiro atoms. The zero-order valence-electron chi connectivity index (χ0n) is 9.63. The molecule has 1 aromatic rings. The molecular formula is C11H16NO2Si. The maximum Gasteiger partial charge on any atom is 0.177 e. The van der Waals surface area contributed by atoms with Crippen molar-refractivity contribution in [1.82, 2.24) is 4.98 Å². The van der Waals surface area contributed by atoms with Crippen LogP contribution in [0.2, 0.25) is 0 Å². The molecule has 0 amide bonds. The summed E-state index contributed by atoms with van der Waals surface area (Å²) >= 11 is 0. The monoisotopic (exact) mass is 222 g/mol. The highest BCUT2D eigenvalue weighted by atomic mass is 28.1. The molecule has 0 atom stereocenters. The van der Waals surface area contributed by atoms with Crippen LogP contribution in [0.25, 0.3) is 0 Å². The van der Waals surface area contributed by atoms with Crippen LogP contribution in [0.3, 0.4) is 0 Å². The minimum Gasteiger partial charge on any atom is -0.492 e. The number of ether oxygens (including phenoxy) is 2. The molecule has 0 aromatic carbocycles. The highest BCUT2D eigenvalue weighted by Gasteiger charge is 2.14. The van der Waals surface area contributed by atoms with E-state index in [0.717, 1.165) is 17.7 Å². The lowest BCUT2D eigenvalue weighted by Gasteiger charge is -2.15. The van der Waals surface area contributed by atoms with Crippen molar-refractivity contribution in [3.8, 4) is 11.5 Å². The van der Waals surface area contributed by atoms with Gasteiger partial charge in [0.05, 0.1) is 19.5 Å². The van der Waals surface area contributed by atoms with E-state index in [-0.39, 0.29) is 0 Å². The van der Waals surface area contributed by atoms with Crippen molar-refractivity contribution in [2.24, 2.45) is 5.92 Å². The zero-order valence-corrected chi connectivity index (χ0v) is 10.6. The molecular weight excluding hydrogens is 206 g/mol. The van der Waals surface area contributed by atoms with E-state index in [4.69, 9.17) is 9.47 Å². The molecule has 3 radical (unpaired) electrons. The molecule has 0 unspecified atom stereocenters. The van der Waals surface area contributed by atoms with Crippen LogP contribution in [0.15, 0.2) is 6.20 Å². The van der Waals surface area contributed by atoms with Crippen molar-refractivity contribution in [2.75, 3.05) is 14.2 Å². The van der Waals surface area contributed by atoms with E-state index in [9.17, 15) is 0 Å². The van der Waals surface area contributed by atoms with Gasteiger partial charge in [0.2, 0.25) is 0 Å². The zero-order chi connectivity index (χ0) is 11.4. The van der Waals surface area contributed by atoms with Crippen molar-refractivity contribution in [1.29, 1.82) is 0 Å². The molecule has 0 saturated heterocycles. The molecule has 1 aromatic heterocycles. The maximum absolute atomic E-state index is 5.35. The fourth-order valence-corrected chi connectivity index (χ4v) is 1.79. The number of hydrogen-bond donors (Lipinski definition) is 0. The number of nitrogens with zero attached hydrogens (tertiary/aromatic N) is 1. The summed E-state index contributed by atoms with van der Waals surface area (Å²) in [7, 11) is 6.64. The molecule has 1 rings (SSSR count). The molecule has 0 aliphatic carbocycles. The summed E-state index contributed by atoms with van der Waals surface area (Å²) in [5, 5.41) is 0.668. The Morgan fingerprint density at radius 1 is 1.27 bits per heavy atom. The molecule has 81 valence electrons. The van der Waals surface area contributed by atoms with E-state index in [1.807, 2.05) is 6.20 Å². The van der Waals surface area contributed by atoms with E-state index in [0.29, 0.717) is 17.0 Å². The Morgan fingerprint density at radius 2 is 1.87 bits per heavy atom. The van der Waals surface area contributed by atoms with Crippen molar-refractivity contribution in [2.45, 2.75) is 20.3 Å². The lowest BCUT2D eigenvalue weighted by molar-refractivity contribution is 0.351.